The van der Waals surface area contributed by atoms with E-state index in [0.29, 0.717) is 5.69 Å². The summed E-state index contributed by atoms with van der Waals surface area (Å²) in [6.45, 7) is 1.91. The number of aryl methyl sites for hydroxylation is 1. The number of benzene rings is 1. The number of aromatic carboxylic acids is 1. The van der Waals surface area contributed by atoms with E-state index in [1.54, 1.807) is 18.2 Å². The summed E-state index contributed by atoms with van der Waals surface area (Å²) in [6, 6.07) is 5.19. The summed E-state index contributed by atoms with van der Waals surface area (Å²) < 4.78 is 1.83. The van der Waals surface area contributed by atoms with Gasteiger partial charge in [-0.1, -0.05) is 22.0 Å². The number of halogens is 1. The Kier molecular flexibility index (Phi) is 2.84. The monoisotopic (exact) mass is 297 g/mol. The van der Waals surface area contributed by atoms with Gasteiger partial charge in [0.05, 0.1) is 5.69 Å². The smallest absolute Gasteiger partial charge is 0.373 e. The predicted molar refractivity (Wildman–Crippen MR) is 63.6 cm³/mol. The van der Waals surface area contributed by atoms with Crippen molar-refractivity contribution in [2.75, 3.05) is 0 Å². The molecule has 0 saturated heterocycles. The molecule has 2 rings (SSSR count). The van der Waals surface area contributed by atoms with E-state index in [0.717, 1.165) is 14.7 Å². The molecule has 0 unspecified atom stereocenters. The number of hydrogen-bond acceptors (Lipinski definition) is 3. The molecule has 0 atom stereocenters. The van der Waals surface area contributed by atoms with Gasteiger partial charge in [0.15, 0.2) is 0 Å². The van der Waals surface area contributed by atoms with Crippen LogP contribution in [-0.2, 0) is 0 Å². The standard InChI is InChI=1S/C10H8BrN3O3/c1-5-2-3-6(4-7(5)11)14-10(17)12-8(13-14)9(15)16/h2-4H,1H3,(H,15,16)(H,12,13,17). The van der Waals surface area contributed by atoms with Crippen LogP contribution in [-0.4, -0.2) is 25.8 Å². The van der Waals surface area contributed by atoms with E-state index in [9.17, 15) is 9.59 Å². The maximum absolute atomic E-state index is 11.5. The van der Waals surface area contributed by atoms with E-state index in [1.807, 2.05) is 6.92 Å². The number of carbonyl (C=O) groups is 1. The van der Waals surface area contributed by atoms with E-state index in [-0.39, 0.29) is 5.82 Å². The zero-order valence-electron chi connectivity index (χ0n) is 8.77. The van der Waals surface area contributed by atoms with Crippen LogP contribution in [0.1, 0.15) is 16.2 Å². The molecule has 88 valence electrons. The molecule has 2 aromatic rings. The molecule has 0 aliphatic rings. The SMILES string of the molecule is Cc1ccc(-n2nc(C(=O)O)[nH]c2=O)cc1Br. The lowest BCUT2D eigenvalue weighted by molar-refractivity contribution is 0.0683. The number of carboxylic acid groups (broad SMARTS) is 1. The van der Waals surface area contributed by atoms with Gasteiger partial charge < -0.3 is 5.11 Å². The lowest BCUT2D eigenvalue weighted by atomic mass is 10.2. The summed E-state index contributed by atoms with van der Waals surface area (Å²) in [5.74, 6) is -1.65. The normalized spacial score (nSPS) is 10.5. The largest absolute Gasteiger partial charge is 0.475 e. The molecule has 0 amide bonds. The third kappa shape index (κ3) is 2.14. The minimum absolute atomic E-state index is 0.383. The highest BCUT2D eigenvalue weighted by Gasteiger charge is 2.12. The Morgan fingerprint density at radius 1 is 1.53 bits per heavy atom. The van der Waals surface area contributed by atoms with E-state index in [1.165, 1.54) is 0 Å². The van der Waals surface area contributed by atoms with Crippen LogP contribution in [0.5, 0.6) is 0 Å². The van der Waals surface area contributed by atoms with Crippen LogP contribution >= 0.6 is 15.9 Å². The maximum Gasteiger partial charge on any atom is 0.373 e. The lowest BCUT2D eigenvalue weighted by Gasteiger charge is -2.02. The Balaban J connectivity index is 2.56. The van der Waals surface area contributed by atoms with Crippen LogP contribution in [0.2, 0.25) is 0 Å². The Bertz CT molecular complexity index is 644. The van der Waals surface area contributed by atoms with Crippen molar-refractivity contribution in [2.45, 2.75) is 6.92 Å². The number of hydrogen-bond donors (Lipinski definition) is 2. The molecule has 0 aliphatic carbocycles. The van der Waals surface area contributed by atoms with Crippen LogP contribution in [0.4, 0.5) is 0 Å². The van der Waals surface area contributed by atoms with Crippen molar-refractivity contribution >= 4 is 21.9 Å². The summed E-state index contributed by atoms with van der Waals surface area (Å²) in [5.41, 5.74) is 0.921. The second kappa shape index (κ2) is 4.17. The number of nitrogens with zero attached hydrogens (tertiary/aromatic N) is 2. The summed E-state index contributed by atoms with van der Waals surface area (Å²) in [5, 5.41) is 12.4. The highest BCUT2D eigenvalue weighted by atomic mass is 79.9. The Hall–Kier alpha value is -1.89. The summed E-state index contributed by atoms with van der Waals surface area (Å²) in [6.07, 6.45) is 0. The number of nitrogens with one attached hydrogen (secondary N) is 1. The minimum atomic E-state index is -1.27. The summed E-state index contributed by atoms with van der Waals surface area (Å²) in [4.78, 5) is 24.3. The second-order valence-electron chi connectivity index (χ2n) is 3.43. The fourth-order valence-corrected chi connectivity index (χ4v) is 1.68. The Morgan fingerprint density at radius 3 is 2.76 bits per heavy atom. The summed E-state index contributed by atoms with van der Waals surface area (Å²) >= 11 is 3.33. The van der Waals surface area contributed by atoms with E-state index in [4.69, 9.17) is 5.11 Å². The van der Waals surface area contributed by atoms with Crippen LogP contribution in [0.15, 0.2) is 27.5 Å². The minimum Gasteiger partial charge on any atom is -0.475 e. The molecule has 2 N–H and O–H groups in total. The van der Waals surface area contributed by atoms with Gasteiger partial charge in [-0.25, -0.2) is 9.59 Å². The lowest BCUT2D eigenvalue weighted by Crippen LogP contribution is -2.15. The average Bonchev–Trinajstić information content (AvgIpc) is 2.65. The molecule has 0 saturated carbocycles. The van der Waals surface area contributed by atoms with E-state index >= 15 is 0 Å². The average molecular weight is 298 g/mol. The molecule has 1 aromatic heterocycles. The van der Waals surface area contributed by atoms with Crippen LogP contribution < -0.4 is 5.69 Å². The molecular weight excluding hydrogens is 290 g/mol. The first-order chi connectivity index (χ1) is 7.99. The van der Waals surface area contributed by atoms with Crippen molar-refractivity contribution in [3.8, 4) is 5.69 Å². The fourth-order valence-electron chi connectivity index (χ4n) is 1.31. The Morgan fingerprint density at radius 2 is 2.24 bits per heavy atom. The topological polar surface area (TPSA) is 88.0 Å². The fraction of sp³-hybridized carbons (Fsp3) is 0.100. The molecule has 0 fully saturated rings. The van der Waals surface area contributed by atoms with Crippen molar-refractivity contribution in [1.29, 1.82) is 0 Å². The zero-order chi connectivity index (χ0) is 12.6. The number of rotatable bonds is 2. The van der Waals surface area contributed by atoms with Crippen molar-refractivity contribution in [2.24, 2.45) is 0 Å². The molecule has 0 radical (unpaired) electrons. The number of aromatic nitrogens is 3. The quantitative estimate of drug-likeness (QED) is 0.875. The molecule has 0 spiro atoms. The highest BCUT2D eigenvalue weighted by molar-refractivity contribution is 9.10. The van der Waals surface area contributed by atoms with Crippen LogP contribution in [0.25, 0.3) is 5.69 Å². The molecular formula is C10H8BrN3O3. The molecule has 1 heterocycles. The van der Waals surface area contributed by atoms with Gasteiger partial charge in [0.2, 0.25) is 5.82 Å². The Labute approximate surface area is 104 Å². The molecule has 7 heteroatoms. The van der Waals surface area contributed by atoms with Gasteiger partial charge >= 0.3 is 11.7 Å². The van der Waals surface area contributed by atoms with Gasteiger partial charge in [-0.3, -0.25) is 4.98 Å². The van der Waals surface area contributed by atoms with Gasteiger partial charge in [0.25, 0.3) is 0 Å². The molecule has 0 bridgehead atoms. The second-order valence-corrected chi connectivity index (χ2v) is 4.28. The summed E-state index contributed by atoms with van der Waals surface area (Å²) in [7, 11) is 0. The molecule has 17 heavy (non-hydrogen) atoms. The number of aromatic amines is 1. The first-order valence-electron chi connectivity index (χ1n) is 4.68. The first-order valence-corrected chi connectivity index (χ1v) is 5.47. The third-order valence-electron chi connectivity index (χ3n) is 2.22. The molecule has 1 aromatic carbocycles. The van der Waals surface area contributed by atoms with Gasteiger partial charge in [0, 0.05) is 4.47 Å². The van der Waals surface area contributed by atoms with E-state index < -0.39 is 11.7 Å². The van der Waals surface area contributed by atoms with Crippen LogP contribution in [0.3, 0.4) is 0 Å². The zero-order valence-corrected chi connectivity index (χ0v) is 10.4. The molecule has 0 aliphatic heterocycles. The van der Waals surface area contributed by atoms with Crippen LogP contribution in [0, 0.1) is 6.92 Å². The van der Waals surface area contributed by atoms with Gasteiger partial charge in [0.1, 0.15) is 0 Å². The van der Waals surface area contributed by atoms with Crippen molar-refractivity contribution in [3.05, 3.63) is 44.5 Å². The number of H-pyrrole nitrogens is 1. The first kappa shape index (κ1) is 11.6. The highest BCUT2D eigenvalue weighted by Crippen LogP contribution is 2.18. The van der Waals surface area contributed by atoms with Gasteiger partial charge in [-0.15, -0.1) is 5.10 Å². The van der Waals surface area contributed by atoms with E-state index in [2.05, 4.69) is 26.0 Å². The number of carboxylic acids is 1. The van der Waals surface area contributed by atoms with Crippen molar-refractivity contribution in [1.82, 2.24) is 14.8 Å². The molecule has 6 nitrogen and oxygen atoms in total. The third-order valence-corrected chi connectivity index (χ3v) is 3.07. The van der Waals surface area contributed by atoms with Crippen molar-refractivity contribution < 1.29 is 9.90 Å². The maximum atomic E-state index is 11.5. The van der Waals surface area contributed by atoms with Gasteiger partial charge in [-0.05, 0) is 24.6 Å². The van der Waals surface area contributed by atoms with Crippen molar-refractivity contribution in [3.63, 3.8) is 0 Å². The predicted octanol–water partition coefficient (Wildman–Crippen LogP) is 1.33. The van der Waals surface area contributed by atoms with Gasteiger partial charge in [-0.2, -0.15) is 4.68 Å².